The fourth-order valence-electron chi connectivity index (χ4n) is 11.1. The van der Waals surface area contributed by atoms with Crippen LogP contribution in [-0.4, -0.2) is 0 Å². The van der Waals surface area contributed by atoms with Crippen LogP contribution >= 0.6 is 0 Å². The first-order valence-electron chi connectivity index (χ1n) is 22.0. The second kappa shape index (κ2) is 13.6. The van der Waals surface area contributed by atoms with E-state index in [1.165, 1.54) is 122 Å². The summed E-state index contributed by atoms with van der Waals surface area (Å²) in [5.41, 5.74) is 23.1. The van der Waals surface area contributed by atoms with E-state index in [9.17, 15) is 0 Å². The molecule has 0 N–H and O–H groups in total. The molecule has 0 heteroatoms. The highest BCUT2D eigenvalue weighted by Crippen LogP contribution is 2.53. The second-order valence-electron chi connectivity index (χ2n) is 18.4. The van der Waals surface area contributed by atoms with Gasteiger partial charge < -0.3 is 0 Å². The minimum absolute atomic E-state index is 0.0626. The molecule has 0 bridgehead atoms. The van der Waals surface area contributed by atoms with Crippen molar-refractivity contribution in [2.45, 2.75) is 38.5 Å². The zero-order valence-electron chi connectivity index (χ0n) is 35.6. The Labute approximate surface area is 364 Å². The lowest BCUT2D eigenvalue weighted by molar-refractivity contribution is 0.660. The van der Waals surface area contributed by atoms with Crippen LogP contribution in [0.15, 0.2) is 206 Å². The van der Waals surface area contributed by atoms with E-state index in [2.05, 4.69) is 234 Å². The molecule has 0 amide bonds. The summed E-state index contributed by atoms with van der Waals surface area (Å²) < 4.78 is 0. The highest BCUT2D eigenvalue weighted by molar-refractivity contribution is 6.22. The predicted molar refractivity (Wildman–Crippen MR) is 264 cm³/mol. The third kappa shape index (κ3) is 5.46. The Hall–Kier alpha value is -7.28. The van der Waals surface area contributed by atoms with Gasteiger partial charge in [0.15, 0.2) is 0 Å². The number of hydrogen-bond donors (Lipinski definition) is 0. The summed E-state index contributed by atoms with van der Waals surface area (Å²) in [6.07, 6.45) is 0. The lowest BCUT2D eigenvalue weighted by atomic mass is 9.80. The lowest BCUT2D eigenvalue weighted by Gasteiger charge is -2.23. The molecule has 0 saturated carbocycles. The molecule has 0 aromatic heterocycles. The molecule has 10 aromatic carbocycles. The maximum absolute atomic E-state index is 2.49. The molecule has 12 rings (SSSR count). The SMILES string of the molecule is CC1(C)c2ccccc2-c2cc(-c3c4ccccc4c(-c4cc(-c5ccccc5)cc(-c5ccccc5)c4)c4ccc(-c5ccc6c(c5)C(C)(C)c5ccccc5-6)cc34)ccc21. The van der Waals surface area contributed by atoms with Crippen LogP contribution in [0.1, 0.15) is 49.9 Å². The average Bonchev–Trinajstić information content (AvgIpc) is 3.69. The molecule has 0 spiro atoms. The van der Waals surface area contributed by atoms with Crippen LogP contribution in [0.2, 0.25) is 0 Å². The molecule has 62 heavy (non-hydrogen) atoms. The summed E-state index contributed by atoms with van der Waals surface area (Å²) in [5, 5.41) is 5.03. The van der Waals surface area contributed by atoms with Crippen molar-refractivity contribution in [2.75, 3.05) is 0 Å². The zero-order valence-corrected chi connectivity index (χ0v) is 35.6. The molecule has 0 fully saturated rings. The van der Waals surface area contributed by atoms with E-state index in [4.69, 9.17) is 0 Å². The molecule has 2 aliphatic rings. The number of benzene rings is 10. The van der Waals surface area contributed by atoms with Crippen molar-refractivity contribution in [2.24, 2.45) is 0 Å². The van der Waals surface area contributed by atoms with Gasteiger partial charge in [0.2, 0.25) is 0 Å². The van der Waals surface area contributed by atoms with Crippen LogP contribution in [0.25, 0.3) is 99.4 Å². The summed E-state index contributed by atoms with van der Waals surface area (Å²) in [4.78, 5) is 0. The average molecular weight is 791 g/mol. The van der Waals surface area contributed by atoms with E-state index < -0.39 is 0 Å². The maximum atomic E-state index is 2.49. The fourth-order valence-corrected chi connectivity index (χ4v) is 11.1. The van der Waals surface area contributed by atoms with Crippen LogP contribution in [0, 0.1) is 0 Å². The van der Waals surface area contributed by atoms with E-state index in [0.717, 1.165) is 0 Å². The summed E-state index contributed by atoms with van der Waals surface area (Å²) in [6.45, 7) is 9.48. The maximum Gasteiger partial charge on any atom is 0.0159 e. The van der Waals surface area contributed by atoms with Gasteiger partial charge in [-0.3, -0.25) is 0 Å². The summed E-state index contributed by atoms with van der Waals surface area (Å²) in [7, 11) is 0. The van der Waals surface area contributed by atoms with Crippen molar-refractivity contribution in [3.05, 3.63) is 229 Å². The van der Waals surface area contributed by atoms with E-state index in [1.54, 1.807) is 0 Å². The van der Waals surface area contributed by atoms with E-state index in [0.29, 0.717) is 0 Å². The zero-order chi connectivity index (χ0) is 41.7. The topological polar surface area (TPSA) is 0 Å². The van der Waals surface area contributed by atoms with Crippen LogP contribution in [-0.2, 0) is 10.8 Å². The number of rotatable bonds is 5. The summed E-state index contributed by atoms with van der Waals surface area (Å²) in [5.74, 6) is 0. The first-order valence-corrected chi connectivity index (χ1v) is 22.0. The van der Waals surface area contributed by atoms with Crippen LogP contribution in [0.4, 0.5) is 0 Å². The summed E-state index contributed by atoms with van der Waals surface area (Å²) >= 11 is 0. The quantitative estimate of drug-likeness (QED) is 0.152. The van der Waals surface area contributed by atoms with Gasteiger partial charge >= 0.3 is 0 Å². The third-order valence-corrected chi connectivity index (χ3v) is 14.2. The second-order valence-corrected chi connectivity index (χ2v) is 18.4. The highest BCUT2D eigenvalue weighted by atomic mass is 14.4. The Bertz CT molecular complexity index is 3380. The number of fused-ring (bicyclic) bond motifs is 8. The Morgan fingerprint density at radius 1 is 0.226 bits per heavy atom. The van der Waals surface area contributed by atoms with Gasteiger partial charge in [-0.2, -0.15) is 0 Å². The molecule has 0 saturated heterocycles. The molecule has 10 aromatic rings. The van der Waals surface area contributed by atoms with E-state index in [-0.39, 0.29) is 10.8 Å². The van der Waals surface area contributed by atoms with E-state index >= 15 is 0 Å². The smallest absolute Gasteiger partial charge is 0.0159 e. The first-order chi connectivity index (χ1) is 30.3. The first kappa shape index (κ1) is 36.6. The minimum Gasteiger partial charge on any atom is -0.0622 e. The molecule has 0 heterocycles. The van der Waals surface area contributed by atoms with Gasteiger partial charge in [0, 0.05) is 10.8 Å². The van der Waals surface area contributed by atoms with Crippen molar-refractivity contribution < 1.29 is 0 Å². The van der Waals surface area contributed by atoms with Crippen molar-refractivity contribution in [1.82, 2.24) is 0 Å². The molecule has 0 nitrogen and oxygen atoms in total. The van der Waals surface area contributed by atoms with Crippen molar-refractivity contribution in [1.29, 1.82) is 0 Å². The molecule has 294 valence electrons. The van der Waals surface area contributed by atoms with Crippen molar-refractivity contribution in [3.8, 4) is 77.9 Å². The Morgan fingerprint density at radius 3 is 1.31 bits per heavy atom. The molecule has 0 unspecified atom stereocenters. The summed E-state index contributed by atoms with van der Waals surface area (Å²) in [6, 6.07) is 77.5. The Balaban J connectivity index is 1.15. The third-order valence-electron chi connectivity index (χ3n) is 14.2. The minimum atomic E-state index is -0.0813. The monoisotopic (exact) mass is 790 g/mol. The molecular formula is C62H46. The van der Waals surface area contributed by atoms with Crippen LogP contribution in [0.3, 0.4) is 0 Å². The van der Waals surface area contributed by atoms with Crippen molar-refractivity contribution >= 4 is 21.5 Å². The van der Waals surface area contributed by atoms with Gasteiger partial charge in [-0.15, -0.1) is 0 Å². The van der Waals surface area contributed by atoms with Gasteiger partial charge in [0.1, 0.15) is 0 Å². The van der Waals surface area contributed by atoms with Gasteiger partial charge in [-0.25, -0.2) is 0 Å². The standard InChI is InChI=1S/C62H46/c1-61(2)56-26-16-14-22-48(56)53-37-43(29-32-57(53)61)59-50-23-11-12-24-51(50)60(46-34-44(39-17-7-5-8-18-39)33-45(35-46)40-19-9-6-10-20-40)52-31-28-41(36-54(52)59)42-27-30-49-47-21-13-15-25-55(47)62(3,4)58(49)38-42/h5-38H,1-4H3. The normalized spacial score (nSPS) is 14.1. The molecule has 2 aliphatic carbocycles. The van der Waals surface area contributed by atoms with Gasteiger partial charge in [0.25, 0.3) is 0 Å². The highest BCUT2D eigenvalue weighted by Gasteiger charge is 2.36. The number of hydrogen-bond acceptors (Lipinski definition) is 0. The van der Waals surface area contributed by atoms with E-state index in [1.807, 2.05) is 0 Å². The fraction of sp³-hybridized carbons (Fsp3) is 0.0968. The van der Waals surface area contributed by atoms with Crippen molar-refractivity contribution in [3.63, 3.8) is 0 Å². The molecule has 0 aliphatic heterocycles. The van der Waals surface area contributed by atoms with Gasteiger partial charge in [-0.05, 0) is 158 Å². The lowest BCUT2D eigenvalue weighted by Crippen LogP contribution is -2.14. The Morgan fingerprint density at radius 2 is 0.661 bits per heavy atom. The molecule has 0 radical (unpaired) electrons. The van der Waals surface area contributed by atoms with Gasteiger partial charge in [0.05, 0.1) is 0 Å². The van der Waals surface area contributed by atoms with Gasteiger partial charge in [-0.1, -0.05) is 198 Å². The van der Waals surface area contributed by atoms with Crippen LogP contribution in [0.5, 0.6) is 0 Å². The Kier molecular flexibility index (Phi) is 8.03. The molecule has 0 atom stereocenters. The largest absolute Gasteiger partial charge is 0.0622 e. The van der Waals surface area contributed by atoms with Crippen LogP contribution < -0.4 is 0 Å². The molecular weight excluding hydrogens is 745 g/mol. The predicted octanol–water partition coefficient (Wildman–Crippen LogP) is 16.9.